The Morgan fingerprint density at radius 2 is 1.96 bits per heavy atom. The molecule has 5 rings (SSSR count). The van der Waals surface area contributed by atoms with E-state index in [4.69, 9.17) is 4.42 Å². The quantitative estimate of drug-likeness (QED) is 0.683. The van der Waals surface area contributed by atoms with Crippen molar-refractivity contribution in [2.45, 2.75) is 52.0 Å². The van der Waals surface area contributed by atoms with Gasteiger partial charge in [0.25, 0.3) is 0 Å². The van der Waals surface area contributed by atoms with E-state index >= 15 is 0 Å². The van der Waals surface area contributed by atoms with Gasteiger partial charge in [-0.25, -0.2) is 4.79 Å². The zero-order chi connectivity index (χ0) is 19.8. The van der Waals surface area contributed by atoms with Crippen LogP contribution in [-0.4, -0.2) is 15.6 Å². The molecule has 0 radical (unpaired) electrons. The lowest BCUT2D eigenvalue weighted by Gasteiger charge is -2.37. The molecule has 0 saturated heterocycles. The van der Waals surface area contributed by atoms with Gasteiger partial charge in [-0.2, -0.15) is 0 Å². The fraction of sp³-hybridized carbons (Fsp3) is 0.391. The fourth-order valence-electron chi connectivity index (χ4n) is 4.41. The predicted octanol–water partition coefficient (Wildman–Crippen LogP) is 4.98. The lowest BCUT2D eigenvalue weighted by atomic mass is 9.79. The van der Waals surface area contributed by atoms with Crippen LogP contribution in [0, 0.1) is 5.41 Å². The number of carboxylic acids is 1. The molecule has 2 aromatic heterocycles. The lowest BCUT2D eigenvalue weighted by Crippen LogP contribution is -2.32. The maximum atomic E-state index is 12.4. The van der Waals surface area contributed by atoms with E-state index in [2.05, 4.69) is 39.0 Å². The zero-order valence-corrected chi connectivity index (χ0v) is 16.3. The Balaban J connectivity index is 1.78. The molecule has 0 amide bonds. The summed E-state index contributed by atoms with van der Waals surface area (Å²) in [7, 11) is 0. The van der Waals surface area contributed by atoms with Crippen molar-refractivity contribution in [3.63, 3.8) is 0 Å². The van der Waals surface area contributed by atoms with Gasteiger partial charge in [0.2, 0.25) is 0 Å². The zero-order valence-electron chi connectivity index (χ0n) is 16.3. The Kier molecular flexibility index (Phi) is 3.46. The number of pyridine rings is 1. The summed E-state index contributed by atoms with van der Waals surface area (Å²) in [6.45, 7) is 6.41. The van der Waals surface area contributed by atoms with Crippen molar-refractivity contribution in [3.05, 3.63) is 57.4 Å². The molecule has 3 aromatic rings. The molecule has 3 heterocycles. The van der Waals surface area contributed by atoms with Gasteiger partial charge in [0, 0.05) is 29.3 Å². The highest BCUT2D eigenvalue weighted by molar-refractivity contribution is 5.90. The van der Waals surface area contributed by atoms with Crippen molar-refractivity contribution in [2.75, 3.05) is 0 Å². The molecule has 144 valence electrons. The molecular formula is C23H23NO4. The monoisotopic (exact) mass is 377 g/mol. The number of hydrogen-bond acceptors (Lipinski definition) is 3. The van der Waals surface area contributed by atoms with E-state index in [0.717, 1.165) is 23.0 Å². The number of aromatic carboxylic acids is 1. The number of furan rings is 1. The van der Waals surface area contributed by atoms with Gasteiger partial charge < -0.3 is 14.1 Å². The molecule has 1 unspecified atom stereocenters. The van der Waals surface area contributed by atoms with Crippen molar-refractivity contribution in [1.29, 1.82) is 0 Å². The lowest BCUT2D eigenvalue weighted by molar-refractivity contribution is 0.0693. The maximum absolute atomic E-state index is 12.4. The second-order valence-corrected chi connectivity index (χ2v) is 9.17. The molecule has 1 atom stereocenters. The largest absolute Gasteiger partial charge is 0.477 e. The van der Waals surface area contributed by atoms with Gasteiger partial charge in [-0.15, -0.1) is 0 Å². The smallest absolute Gasteiger partial charge is 0.341 e. The highest BCUT2D eigenvalue weighted by Crippen LogP contribution is 2.47. The SMILES string of the molecule is CC(C)(C)C1Cc2c(oc3cc(C4CC4)ccc23)-c2cc(=O)c(C(=O)O)cn21. The highest BCUT2D eigenvalue weighted by Gasteiger charge is 2.36. The topological polar surface area (TPSA) is 72.4 Å². The van der Waals surface area contributed by atoms with Crippen LogP contribution >= 0.6 is 0 Å². The first-order valence-corrected chi connectivity index (χ1v) is 9.79. The van der Waals surface area contributed by atoms with Gasteiger partial charge in [0.1, 0.15) is 11.1 Å². The number of fused-ring (bicyclic) bond motifs is 5. The molecule has 0 bridgehead atoms. The summed E-state index contributed by atoms with van der Waals surface area (Å²) in [5, 5.41) is 10.5. The van der Waals surface area contributed by atoms with Gasteiger partial charge in [-0.3, -0.25) is 4.79 Å². The number of rotatable bonds is 2. The summed E-state index contributed by atoms with van der Waals surface area (Å²) >= 11 is 0. The van der Waals surface area contributed by atoms with Crippen LogP contribution in [0.15, 0.2) is 39.7 Å². The molecule has 1 fully saturated rings. The van der Waals surface area contributed by atoms with Crippen LogP contribution in [0.5, 0.6) is 0 Å². The van der Waals surface area contributed by atoms with Crippen LogP contribution in [0.2, 0.25) is 0 Å². The van der Waals surface area contributed by atoms with Gasteiger partial charge in [0.15, 0.2) is 11.2 Å². The van der Waals surface area contributed by atoms with Crippen LogP contribution in [0.25, 0.3) is 22.4 Å². The molecule has 1 N–H and O–H groups in total. The molecule has 5 heteroatoms. The summed E-state index contributed by atoms with van der Waals surface area (Å²) in [6, 6.07) is 7.91. The molecule has 1 saturated carbocycles. The minimum atomic E-state index is -1.20. The van der Waals surface area contributed by atoms with E-state index in [0.29, 0.717) is 17.4 Å². The summed E-state index contributed by atoms with van der Waals surface area (Å²) < 4.78 is 8.17. The summed E-state index contributed by atoms with van der Waals surface area (Å²) in [5.41, 5.74) is 3.14. The van der Waals surface area contributed by atoms with Crippen LogP contribution in [0.4, 0.5) is 0 Å². The molecule has 1 aliphatic carbocycles. The van der Waals surface area contributed by atoms with Crippen molar-refractivity contribution >= 4 is 16.9 Å². The van der Waals surface area contributed by atoms with E-state index < -0.39 is 11.4 Å². The molecular weight excluding hydrogens is 354 g/mol. The average molecular weight is 377 g/mol. The minimum absolute atomic E-state index is 0.0256. The van der Waals surface area contributed by atoms with E-state index in [-0.39, 0.29) is 17.0 Å². The van der Waals surface area contributed by atoms with Gasteiger partial charge in [-0.1, -0.05) is 32.9 Å². The standard InChI is InChI=1S/C23H23NO4/c1-23(2,3)20-9-15-14-7-6-13(12-4-5-12)8-19(14)28-21(15)17-10-18(25)16(22(26)27)11-24(17)20/h6-8,10-12,20H,4-5,9H2,1-3H3,(H,26,27). The van der Waals surface area contributed by atoms with Crippen LogP contribution in [0.3, 0.4) is 0 Å². The van der Waals surface area contributed by atoms with Gasteiger partial charge >= 0.3 is 5.97 Å². The number of benzene rings is 1. The Labute approximate surface area is 162 Å². The number of hydrogen-bond donors (Lipinski definition) is 1. The van der Waals surface area contributed by atoms with E-state index in [1.165, 1.54) is 30.7 Å². The second kappa shape index (κ2) is 5.60. The summed E-state index contributed by atoms with van der Waals surface area (Å²) in [6.07, 6.45) is 4.69. The number of carbonyl (C=O) groups is 1. The van der Waals surface area contributed by atoms with E-state index in [9.17, 15) is 14.7 Å². The third kappa shape index (κ3) is 2.53. The van der Waals surface area contributed by atoms with Crippen molar-refractivity contribution in [3.8, 4) is 11.5 Å². The molecule has 28 heavy (non-hydrogen) atoms. The summed E-state index contributed by atoms with van der Waals surface area (Å²) in [4.78, 5) is 24.0. The fourth-order valence-corrected chi connectivity index (χ4v) is 4.41. The molecule has 5 nitrogen and oxygen atoms in total. The van der Waals surface area contributed by atoms with E-state index in [1.807, 2.05) is 4.57 Å². The maximum Gasteiger partial charge on any atom is 0.341 e. The Morgan fingerprint density at radius 1 is 1.21 bits per heavy atom. The van der Waals surface area contributed by atoms with Crippen molar-refractivity contribution in [2.24, 2.45) is 5.41 Å². The first-order valence-electron chi connectivity index (χ1n) is 9.79. The Morgan fingerprint density at radius 3 is 2.61 bits per heavy atom. The molecule has 1 aliphatic heterocycles. The predicted molar refractivity (Wildman–Crippen MR) is 107 cm³/mol. The minimum Gasteiger partial charge on any atom is -0.477 e. The summed E-state index contributed by atoms with van der Waals surface area (Å²) in [5.74, 6) is 0.136. The van der Waals surface area contributed by atoms with Crippen LogP contribution in [-0.2, 0) is 6.42 Å². The van der Waals surface area contributed by atoms with Gasteiger partial charge in [0.05, 0.1) is 5.69 Å². The first-order chi connectivity index (χ1) is 13.2. The molecule has 2 aliphatic rings. The molecule has 1 aromatic carbocycles. The van der Waals surface area contributed by atoms with E-state index in [1.54, 1.807) is 0 Å². The van der Waals surface area contributed by atoms with Crippen molar-refractivity contribution < 1.29 is 14.3 Å². The van der Waals surface area contributed by atoms with Crippen molar-refractivity contribution in [1.82, 2.24) is 4.57 Å². The number of carboxylic acid groups (broad SMARTS) is 1. The number of nitrogens with zero attached hydrogens (tertiary/aromatic N) is 1. The average Bonchev–Trinajstić information content (AvgIpc) is 3.40. The Hall–Kier alpha value is -2.82. The van der Waals surface area contributed by atoms with Crippen LogP contribution in [0.1, 0.15) is 67.1 Å². The van der Waals surface area contributed by atoms with Gasteiger partial charge in [-0.05, 0) is 42.2 Å². The normalized spacial score (nSPS) is 18.8. The van der Waals surface area contributed by atoms with Crippen LogP contribution < -0.4 is 5.43 Å². The highest BCUT2D eigenvalue weighted by atomic mass is 16.4. The third-order valence-corrected chi connectivity index (χ3v) is 6.14. The first kappa shape index (κ1) is 17.3. The third-order valence-electron chi connectivity index (χ3n) is 6.14. The number of aromatic nitrogens is 1. The Bertz CT molecular complexity index is 1190. The second-order valence-electron chi connectivity index (χ2n) is 9.17. The molecule has 0 spiro atoms.